The smallest absolute Gasteiger partial charge is 0.180 e. The molecule has 1 aromatic carbocycles. The fourth-order valence-corrected chi connectivity index (χ4v) is 3.10. The second-order valence-corrected chi connectivity index (χ2v) is 6.44. The number of benzene rings is 1. The summed E-state index contributed by atoms with van der Waals surface area (Å²) in [5, 5.41) is 13.0. The lowest BCUT2D eigenvalue weighted by Gasteiger charge is -2.20. The van der Waals surface area contributed by atoms with Crippen LogP contribution in [-0.4, -0.2) is 38.0 Å². The molecule has 1 rings (SSSR count). The fraction of sp³-hybridized carbons (Fsp3) is 0.538. The maximum atomic E-state index is 12.0. The summed E-state index contributed by atoms with van der Waals surface area (Å²) in [7, 11) is -3.42. The van der Waals surface area contributed by atoms with Crippen LogP contribution in [0.5, 0.6) is 0 Å². The van der Waals surface area contributed by atoms with Gasteiger partial charge in [-0.15, -0.1) is 0 Å². The van der Waals surface area contributed by atoms with E-state index < -0.39 is 15.9 Å². The Bertz CT molecular complexity index is 445. The molecule has 0 saturated heterocycles. The third-order valence-electron chi connectivity index (χ3n) is 2.79. The summed E-state index contributed by atoms with van der Waals surface area (Å²) in [5.41, 5.74) is 0. The lowest BCUT2D eigenvalue weighted by atomic mass is 10.2. The molecule has 0 bridgehead atoms. The highest BCUT2D eigenvalue weighted by Crippen LogP contribution is 2.12. The first-order valence-corrected chi connectivity index (χ1v) is 7.82. The third kappa shape index (κ3) is 4.40. The molecule has 0 aliphatic rings. The molecule has 102 valence electrons. The monoisotopic (exact) mass is 271 g/mol. The van der Waals surface area contributed by atoms with Crippen molar-refractivity contribution in [3.63, 3.8) is 0 Å². The van der Waals surface area contributed by atoms with Crippen LogP contribution in [0.4, 0.5) is 0 Å². The molecule has 5 heteroatoms. The minimum atomic E-state index is -3.42. The van der Waals surface area contributed by atoms with E-state index in [1.54, 1.807) is 37.3 Å². The Morgan fingerprint density at radius 3 is 2.44 bits per heavy atom. The van der Waals surface area contributed by atoms with E-state index in [0.29, 0.717) is 0 Å². The number of hydrogen-bond donors (Lipinski definition) is 2. The quantitative estimate of drug-likeness (QED) is 0.782. The van der Waals surface area contributed by atoms with Gasteiger partial charge in [-0.2, -0.15) is 0 Å². The number of aliphatic hydroxyl groups is 1. The molecule has 1 aromatic rings. The minimum Gasteiger partial charge on any atom is -0.390 e. The fourth-order valence-electron chi connectivity index (χ4n) is 1.60. The Kier molecular flexibility index (Phi) is 5.78. The predicted octanol–water partition coefficient (Wildman–Crippen LogP) is 1.21. The van der Waals surface area contributed by atoms with Crippen LogP contribution in [-0.2, 0) is 9.84 Å². The normalized spacial score (nSPS) is 15.3. The first kappa shape index (κ1) is 15.1. The third-order valence-corrected chi connectivity index (χ3v) is 4.56. The van der Waals surface area contributed by atoms with Gasteiger partial charge < -0.3 is 10.4 Å². The molecule has 0 aliphatic carbocycles. The molecule has 0 aliphatic heterocycles. The molecular formula is C13H21NO3S. The molecule has 0 radical (unpaired) electrons. The number of sulfone groups is 1. The SMILES string of the molecule is CCCN[C@H](C)[C@@H](O)CS(=O)(=O)c1ccccc1. The number of rotatable bonds is 7. The summed E-state index contributed by atoms with van der Waals surface area (Å²) >= 11 is 0. The average Bonchev–Trinajstić information content (AvgIpc) is 2.36. The van der Waals surface area contributed by atoms with Gasteiger partial charge in [0.1, 0.15) is 0 Å². The van der Waals surface area contributed by atoms with Gasteiger partial charge in [0.15, 0.2) is 9.84 Å². The van der Waals surface area contributed by atoms with Crippen molar-refractivity contribution in [2.24, 2.45) is 0 Å². The van der Waals surface area contributed by atoms with Gasteiger partial charge in [0.2, 0.25) is 0 Å². The highest BCUT2D eigenvalue weighted by molar-refractivity contribution is 7.91. The minimum absolute atomic E-state index is 0.233. The molecule has 2 atom stereocenters. The zero-order valence-corrected chi connectivity index (χ0v) is 11.7. The number of hydrogen-bond acceptors (Lipinski definition) is 4. The van der Waals surface area contributed by atoms with Crippen molar-refractivity contribution in [3.8, 4) is 0 Å². The van der Waals surface area contributed by atoms with E-state index in [4.69, 9.17) is 0 Å². The Labute approximate surface area is 109 Å². The Hall–Kier alpha value is -0.910. The van der Waals surface area contributed by atoms with E-state index in [1.165, 1.54) is 0 Å². The van der Waals surface area contributed by atoms with Gasteiger partial charge >= 0.3 is 0 Å². The van der Waals surface area contributed by atoms with E-state index >= 15 is 0 Å². The van der Waals surface area contributed by atoms with Gasteiger partial charge in [0, 0.05) is 6.04 Å². The standard InChI is InChI=1S/C13H21NO3S/c1-3-9-14-11(2)13(15)10-18(16,17)12-7-5-4-6-8-12/h4-8,11,13-15H,3,9-10H2,1-2H3/t11-,13+/m1/s1. The van der Waals surface area contributed by atoms with Gasteiger partial charge in [-0.25, -0.2) is 8.42 Å². The van der Waals surface area contributed by atoms with Crippen molar-refractivity contribution in [2.75, 3.05) is 12.3 Å². The molecular weight excluding hydrogens is 250 g/mol. The Morgan fingerprint density at radius 2 is 1.89 bits per heavy atom. The summed E-state index contributed by atoms with van der Waals surface area (Å²) < 4.78 is 24.1. The van der Waals surface area contributed by atoms with Crippen LogP contribution < -0.4 is 5.32 Å². The largest absolute Gasteiger partial charge is 0.390 e. The Balaban J connectivity index is 2.66. The summed E-state index contributed by atoms with van der Waals surface area (Å²) in [5.74, 6) is -0.255. The maximum Gasteiger partial charge on any atom is 0.180 e. The molecule has 18 heavy (non-hydrogen) atoms. The van der Waals surface area contributed by atoms with Gasteiger partial charge in [0.05, 0.1) is 16.8 Å². The van der Waals surface area contributed by atoms with E-state index in [1.807, 2.05) is 6.92 Å². The van der Waals surface area contributed by atoms with Crippen molar-refractivity contribution in [1.29, 1.82) is 0 Å². The zero-order chi connectivity index (χ0) is 13.6. The second-order valence-electron chi connectivity index (χ2n) is 4.40. The summed E-state index contributed by atoms with van der Waals surface area (Å²) in [6.07, 6.45) is 0.0458. The van der Waals surface area contributed by atoms with Crippen LogP contribution in [0.15, 0.2) is 35.2 Å². The summed E-state index contributed by atoms with van der Waals surface area (Å²) in [6, 6.07) is 7.98. The van der Waals surface area contributed by atoms with E-state index in [9.17, 15) is 13.5 Å². The van der Waals surface area contributed by atoms with Crippen molar-refractivity contribution in [1.82, 2.24) is 5.32 Å². The molecule has 0 heterocycles. The molecule has 2 N–H and O–H groups in total. The van der Waals surface area contributed by atoms with Crippen molar-refractivity contribution < 1.29 is 13.5 Å². The molecule has 0 amide bonds. The van der Waals surface area contributed by atoms with Crippen LogP contribution in [0.3, 0.4) is 0 Å². The van der Waals surface area contributed by atoms with Gasteiger partial charge in [-0.05, 0) is 32.0 Å². The second kappa shape index (κ2) is 6.87. The lowest BCUT2D eigenvalue weighted by molar-refractivity contribution is 0.155. The molecule has 0 fully saturated rings. The van der Waals surface area contributed by atoms with E-state index in [0.717, 1.165) is 13.0 Å². The molecule has 4 nitrogen and oxygen atoms in total. The van der Waals surface area contributed by atoms with Crippen LogP contribution in [0.2, 0.25) is 0 Å². The van der Waals surface area contributed by atoms with Crippen molar-refractivity contribution in [2.45, 2.75) is 37.3 Å². The van der Waals surface area contributed by atoms with Gasteiger partial charge in [0.25, 0.3) is 0 Å². The highest BCUT2D eigenvalue weighted by atomic mass is 32.2. The van der Waals surface area contributed by atoms with Gasteiger partial charge in [-0.1, -0.05) is 25.1 Å². The average molecular weight is 271 g/mol. The van der Waals surface area contributed by atoms with Crippen molar-refractivity contribution in [3.05, 3.63) is 30.3 Å². The lowest BCUT2D eigenvalue weighted by Crippen LogP contribution is -2.41. The Morgan fingerprint density at radius 1 is 1.28 bits per heavy atom. The number of aliphatic hydroxyl groups excluding tert-OH is 1. The van der Waals surface area contributed by atoms with E-state index in [-0.39, 0.29) is 16.7 Å². The predicted molar refractivity (Wildman–Crippen MR) is 72.3 cm³/mol. The van der Waals surface area contributed by atoms with Gasteiger partial charge in [-0.3, -0.25) is 0 Å². The molecule has 0 aromatic heterocycles. The van der Waals surface area contributed by atoms with Crippen LogP contribution in [0.25, 0.3) is 0 Å². The van der Waals surface area contributed by atoms with Crippen LogP contribution in [0.1, 0.15) is 20.3 Å². The van der Waals surface area contributed by atoms with Crippen molar-refractivity contribution >= 4 is 9.84 Å². The van der Waals surface area contributed by atoms with Crippen LogP contribution >= 0.6 is 0 Å². The first-order chi connectivity index (χ1) is 8.47. The van der Waals surface area contributed by atoms with Crippen LogP contribution in [0, 0.1) is 0 Å². The summed E-state index contributed by atoms with van der Waals surface area (Å²) in [6.45, 7) is 4.58. The topological polar surface area (TPSA) is 66.4 Å². The molecule has 0 spiro atoms. The highest BCUT2D eigenvalue weighted by Gasteiger charge is 2.23. The first-order valence-electron chi connectivity index (χ1n) is 6.16. The molecule has 0 unspecified atom stereocenters. The molecule has 0 saturated carbocycles. The zero-order valence-electron chi connectivity index (χ0n) is 10.8. The maximum absolute atomic E-state index is 12.0. The van der Waals surface area contributed by atoms with E-state index in [2.05, 4.69) is 5.32 Å². The number of nitrogens with one attached hydrogen (secondary N) is 1. The summed E-state index contributed by atoms with van der Waals surface area (Å²) in [4.78, 5) is 0.256.